The van der Waals surface area contributed by atoms with Crippen molar-refractivity contribution in [2.24, 2.45) is 0 Å². The second-order valence-electron chi connectivity index (χ2n) is 8.11. The Kier molecular flexibility index (Phi) is 10.7. The summed E-state index contributed by atoms with van der Waals surface area (Å²) in [5, 5.41) is 5.73. The summed E-state index contributed by atoms with van der Waals surface area (Å²) in [5.41, 5.74) is 2.00. The third kappa shape index (κ3) is 6.54. The van der Waals surface area contributed by atoms with Crippen molar-refractivity contribution in [1.29, 1.82) is 0 Å². The summed E-state index contributed by atoms with van der Waals surface area (Å²) < 4.78 is 17.0. The van der Waals surface area contributed by atoms with Gasteiger partial charge in [-0.25, -0.2) is 9.78 Å². The molecule has 0 amide bonds. The van der Waals surface area contributed by atoms with Crippen LogP contribution < -0.4 is 5.32 Å². The van der Waals surface area contributed by atoms with Gasteiger partial charge in [0.2, 0.25) is 8.32 Å². The summed E-state index contributed by atoms with van der Waals surface area (Å²) in [6.07, 6.45) is 1.98. The molecule has 1 unspecified atom stereocenters. The molecular formula is C20H38N2O4SSi. The second kappa shape index (κ2) is 11.9. The van der Waals surface area contributed by atoms with Gasteiger partial charge in [-0.3, -0.25) is 0 Å². The number of methoxy groups -OCH3 is 2. The van der Waals surface area contributed by atoms with Crippen molar-refractivity contribution in [3.63, 3.8) is 0 Å². The smallest absolute Gasteiger partial charge is 0.357 e. The van der Waals surface area contributed by atoms with Gasteiger partial charge in [0.25, 0.3) is 0 Å². The zero-order valence-electron chi connectivity index (χ0n) is 18.7. The summed E-state index contributed by atoms with van der Waals surface area (Å²) in [6, 6.07) is 0. The second-order valence-corrected chi connectivity index (χ2v) is 14.4. The predicted octanol–water partition coefficient (Wildman–Crippen LogP) is 5.33. The van der Waals surface area contributed by atoms with Gasteiger partial charge in [-0.2, -0.15) is 0 Å². The number of rotatable bonds is 13. The Morgan fingerprint density at radius 2 is 1.75 bits per heavy atom. The van der Waals surface area contributed by atoms with E-state index in [4.69, 9.17) is 9.16 Å². The van der Waals surface area contributed by atoms with Crippen molar-refractivity contribution in [2.75, 3.05) is 32.7 Å². The fraction of sp³-hybridized carbons (Fsp3) is 0.800. The molecule has 0 bridgehead atoms. The lowest BCUT2D eigenvalue weighted by Crippen LogP contribution is -2.51. The van der Waals surface area contributed by atoms with Gasteiger partial charge in [0.15, 0.2) is 10.8 Å². The Labute approximate surface area is 175 Å². The zero-order chi connectivity index (χ0) is 21.3. The molecule has 0 aliphatic rings. The highest BCUT2D eigenvalue weighted by Gasteiger charge is 2.46. The molecule has 0 saturated carbocycles. The number of hydrogen-bond donors (Lipinski definition) is 1. The van der Waals surface area contributed by atoms with Crippen LogP contribution in [0.15, 0.2) is 5.38 Å². The zero-order valence-corrected chi connectivity index (χ0v) is 20.5. The molecule has 0 spiro atoms. The Balaban J connectivity index is 2.64. The standard InChI is InChI=1S/C20H38N2O4SSi/c1-14(2)28(15(3)4,16(5)6)26-17(12-24-7)10-9-11-21-20-22-18(13-27-20)19(23)25-8/h13-17H,9-12H2,1-8H3,(H,21,22). The number of anilines is 1. The van der Waals surface area contributed by atoms with Crippen LogP contribution in [0.3, 0.4) is 0 Å². The summed E-state index contributed by atoms with van der Waals surface area (Å²) in [7, 11) is 1.17. The molecule has 8 heteroatoms. The molecule has 162 valence electrons. The highest BCUT2D eigenvalue weighted by molar-refractivity contribution is 7.13. The van der Waals surface area contributed by atoms with Crippen LogP contribution in [-0.2, 0) is 13.9 Å². The molecule has 1 aromatic heterocycles. The first-order chi connectivity index (χ1) is 13.2. The Bertz CT molecular complexity index is 571. The number of ether oxygens (including phenoxy) is 2. The lowest BCUT2D eigenvalue weighted by molar-refractivity contribution is 0.0595. The van der Waals surface area contributed by atoms with Crippen molar-refractivity contribution in [2.45, 2.75) is 77.1 Å². The van der Waals surface area contributed by atoms with Crippen LogP contribution in [0.25, 0.3) is 0 Å². The number of thiazole rings is 1. The first-order valence-corrected chi connectivity index (χ1v) is 13.1. The van der Waals surface area contributed by atoms with Crippen LogP contribution >= 0.6 is 11.3 Å². The van der Waals surface area contributed by atoms with Crippen LogP contribution in [0.5, 0.6) is 0 Å². The van der Waals surface area contributed by atoms with Crippen molar-refractivity contribution < 1.29 is 18.7 Å². The van der Waals surface area contributed by atoms with E-state index in [1.165, 1.54) is 18.4 Å². The molecule has 1 aromatic rings. The van der Waals surface area contributed by atoms with Crippen LogP contribution in [0.2, 0.25) is 16.6 Å². The van der Waals surface area contributed by atoms with Crippen molar-refractivity contribution >= 4 is 30.8 Å². The summed E-state index contributed by atoms with van der Waals surface area (Å²) >= 11 is 1.41. The van der Waals surface area contributed by atoms with Gasteiger partial charge in [0, 0.05) is 19.0 Å². The third-order valence-electron chi connectivity index (χ3n) is 5.31. The molecule has 0 saturated heterocycles. The monoisotopic (exact) mass is 430 g/mol. The number of carbonyl (C=O) groups is 1. The minimum Gasteiger partial charge on any atom is -0.464 e. The predicted molar refractivity (Wildman–Crippen MR) is 119 cm³/mol. The maximum absolute atomic E-state index is 11.5. The van der Waals surface area contributed by atoms with E-state index < -0.39 is 14.3 Å². The van der Waals surface area contributed by atoms with Crippen LogP contribution in [0.4, 0.5) is 5.13 Å². The van der Waals surface area contributed by atoms with Crippen LogP contribution in [-0.4, -0.2) is 52.7 Å². The van der Waals surface area contributed by atoms with Crippen molar-refractivity contribution in [1.82, 2.24) is 4.98 Å². The number of esters is 1. The number of nitrogens with zero attached hydrogens (tertiary/aromatic N) is 1. The van der Waals surface area contributed by atoms with E-state index in [1.807, 2.05) is 0 Å². The van der Waals surface area contributed by atoms with E-state index in [2.05, 4.69) is 56.6 Å². The largest absolute Gasteiger partial charge is 0.464 e. The fourth-order valence-electron chi connectivity index (χ4n) is 4.14. The van der Waals surface area contributed by atoms with Crippen LogP contribution in [0, 0.1) is 0 Å². The molecule has 0 radical (unpaired) electrons. The minimum atomic E-state index is -1.93. The molecule has 1 atom stereocenters. The Hall–Kier alpha value is -0.963. The Morgan fingerprint density at radius 3 is 2.25 bits per heavy atom. The van der Waals surface area contributed by atoms with Gasteiger partial charge in [0.1, 0.15) is 0 Å². The van der Waals surface area contributed by atoms with Gasteiger partial charge < -0.3 is 19.2 Å². The van der Waals surface area contributed by atoms with Crippen molar-refractivity contribution in [3.05, 3.63) is 11.1 Å². The molecule has 1 N–H and O–H groups in total. The highest BCUT2D eigenvalue weighted by Crippen LogP contribution is 2.43. The van der Waals surface area contributed by atoms with E-state index in [-0.39, 0.29) is 6.10 Å². The number of hydrogen-bond acceptors (Lipinski definition) is 7. The summed E-state index contributed by atoms with van der Waals surface area (Å²) in [5.74, 6) is -0.407. The maximum Gasteiger partial charge on any atom is 0.357 e. The lowest BCUT2D eigenvalue weighted by Gasteiger charge is -2.44. The quantitative estimate of drug-likeness (QED) is 0.259. The first-order valence-electron chi connectivity index (χ1n) is 10.1. The van der Waals surface area contributed by atoms with E-state index in [0.717, 1.165) is 24.5 Å². The molecule has 0 aliphatic heterocycles. The van der Waals surface area contributed by atoms with Crippen LogP contribution in [0.1, 0.15) is 64.9 Å². The van der Waals surface area contributed by atoms with E-state index in [0.29, 0.717) is 28.9 Å². The number of carbonyl (C=O) groups excluding carboxylic acids is 1. The van der Waals surface area contributed by atoms with E-state index in [9.17, 15) is 4.79 Å². The molecule has 1 rings (SSSR count). The average Bonchev–Trinajstić information content (AvgIpc) is 3.10. The normalized spacial score (nSPS) is 13.4. The molecule has 28 heavy (non-hydrogen) atoms. The average molecular weight is 431 g/mol. The highest BCUT2D eigenvalue weighted by atomic mass is 32.1. The van der Waals surface area contributed by atoms with Gasteiger partial charge in [-0.15, -0.1) is 11.3 Å². The summed E-state index contributed by atoms with van der Waals surface area (Å²) in [6.45, 7) is 15.2. The van der Waals surface area contributed by atoms with Crippen molar-refractivity contribution in [3.8, 4) is 0 Å². The van der Waals surface area contributed by atoms with Gasteiger partial charge in [-0.05, 0) is 29.5 Å². The maximum atomic E-state index is 11.5. The Morgan fingerprint density at radius 1 is 1.14 bits per heavy atom. The molecule has 0 fully saturated rings. The van der Waals surface area contributed by atoms with Gasteiger partial charge in [-0.1, -0.05) is 41.5 Å². The summed E-state index contributed by atoms with van der Waals surface area (Å²) in [4.78, 5) is 15.7. The lowest BCUT2D eigenvalue weighted by atomic mass is 10.2. The SMILES string of the molecule is COCC(CCCNc1nc(C(=O)OC)cs1)O[Si](C(C)C)(C(C)C)C(C)C. The first kappa shape index (κ1) is 25.1. The number of nitrogens with one attached hydrogen (secondary N) is 1. The topological polar surface area (TPSA) is 69.7 Å². The van der Waals surface area contributed by atoms with Gasteiger partial charge >= 0.3 is 5.97 Å². The molecular weight excluding hydrogens is 392 g/mol. The van der Waals surface area contributed by atoms with Gasteiger partial charge in [0.05, 0.1) is 19.8 Å². The molecule has 0 aromatic carbocycles. The molecule has 1 heterocycles. The fourth-order valence-corrected chi connectivity index (χ4v) is 10.4. The van der Waals surface area contributed by atoms with E-state index in [1.54, 1.807) is 12.5 Å². The minimum absolute atomic E-state index is 0.104. The third-order valence-corrected chi connectivity index (χ3v) is 12.3. The van der Waals surface area contributed by atoms with E-state index >= 15 is 0 Å². The number of aromatic nitrogens is 1. The molecule has 6 nitrogen and oxygen atoms in total. The molecule has 0 aliphatic carbocycles.